The van der Waals surface area contributed by atoms with Gasteiger partial charge in [-0.15, -0.1) is 0 Å². The Kier molecular flexibility index (Phi) is 5.10. The van der Waals surface area contributed by atoms with Crippen LogP contribution in [-0.4, -0.2) is 17.6 Å². The number of fused-ring (bicyclic) bond motifs is 5. The van der Waals surface area contributed by atoms with Crippen molar-refractivity contribution in [2.24, 2.45) is 22.7 Å². The van der Waals surface area contributed by atoms with Crippen molar-refractivity contribution in [2.45, 2.75) is 26.7 Å². The Morgan fingerprint density at radius 2 is 1.28 bits per heavy atom. The van der Waals surface area contributed by atoms with Gasteiger partial charge in [-0.05, 0) is 59.9 Å². The molecule has 1 heterocycles. The van der Waals surface area contributed by atoms with E-state index >= 15 is 0 Å². The molecule has 1 aliphatic heterocycles. The number of amides is 2. The lowest BCUT2D eigenvalue weighted by atomic mass is 9.61. The number of halogens is 1. The number of rotatable bonds is 5. The molecule has 3 aromatic carbocycles. The van der Waals surface area contributed by atoms with Gasteiger partial charge in [0.2, 0.25) is 11.8 Å². The summed E-state index contributed by atoms with van der Waals surface area (Å²) in [7, 11) is 0. The summed E-state index contributed by atoms with van der Waals surface area (Å²) in [6.07, 6.45) is 1.22. The molecule has 3 aliphatic rings. The topological polar surface area (TPSA) is 54.5 Å². The molecule has 6 rings (SSSR count). The van der Waals surface area contributed by atoms with Crippen molar-refractivity contribution in [3.05, 3.63) is 101 Å². The minimum absolute atomic E-state index is 0.00186. The molecule has 4 nitrogen and oxygen atoms in total. The Bertz CT molecular complexity index is 1430. The minimum atomic E-state index is -1.11. The highest BCUT2D eigenvalue weighted by atomic mass is 35.5. The van der Waals surface area contributed by atoms with Gasteiger partial charge in [-0.1, -0.05) is 85.6 Å². The van der Waals surface area contributed by atoms with Gasteiger partial charge in [-0.3, -0.25) is 14.4 Å². The molecule has 1 saturated carbocycles. The largest absolute Gasteiger partial charge is 0.298 e. The molecule has 0 N–H and O–H groups in total. The maximum absolute atomic E-state index is 14.6. The van der Waals surface area contributed by atoms with Gasteiger partial charge < -0.3 is 0 Å². The predicted molar refractivity (Wildman–Crippen MR) is 141 cm³/mol. The van der Waals surface area contributed by atoms with E-state index in [1.54, 1.807) is 24.3 Å². The van der Waals surface area contributed by atoms with Gasteiger partial charge in [0.15, 0.2) is 5.78 Å². The van der Waals surface area contributed by atoms with E-state index in [2.05, 4.69) is 0 Å². The van der Waals surface area contributed by atoms with Gasteiger partial charge in [0.05, 0.1) is 28.4 Å². The van der Waals surface area contributed by atoms with E-state index in [4.69, 9.17) is 11.6 Å². The van der Waals surface area contributed by atoms with Gasteiger partial charge in [-0.25, -0.2) is 4.90 Å². The van der Waals surface area contributed by atoms with Gasteiger partial charge in [-0.2, -0.15) is 0 Å². The van der Waals surface area contributed by atoms with E-state index < -0.39 is 22.7 Å². The van der Waals surface area contributed by atoms with Crippen molar-refractivity contribution < 1.29 is 14.4 Å². The lowest BCUT2D eigenvalue weighted by Gasteiger charge is -2.37. The van der Waals surface area contributed by atoms with E-state index in [1.807, 2.05) is 74.5 Å². The summed E-state index contributed by atoms with van der Waals surface area (Å²) in [6, 6.07) is 26.5. The van der Waals surface area contributed by atoms with Crippen LogP contribution in [0.2, 0.25) is 5.02 Å². The predicted octanol–water partition coefficient (Wildman–Crippen LogP) is 6.45. The zero-order valence-electron chi connectivity index (χ0n) is 20.2. The number of hydrogen-bond donors (Lipinski definition) is 0. The zero-order valence-corrected chi connectivity index (χ0v) is 21.0. The third-order valence-corrected chi connectivity index (χ3v) is 8.66. The quantitative estimate of drug-likeness (QED) is 0.382. The molecule has 1 saturated heterocycles. The van der Waals surface area contributed by atoms with Crippen LogP contribution in [0.15, 0.2) is 84.9 Å². The van der Waals surface area contributed by atoms with Crippen LogP contribution in [0, 0.1) is 22.7 Å². The first kappa shape index (κ1) is 22.9. The average Bonchev–Trinajstić information content (AvgIpc) is 3.36. The molecule has 0 radical (unpaired) electrons. The molecule has 2 amide bonds. The molecule has 2 bridgehead atoms. The molecule has 36 heavy (non-hydrogen) atoms. The Morgan fingerprint density at radius 3 is 1.83 bits per heavy atom. The van der Waals surface area contributed by atoms with Crippen LogP contribution in [0.5, 0.6) is 0 Å². The first-order chi connectivity index (χ1) is 17.4. The molecule has 2 fully saturated rings. The van der Waals surface area contributed by atoms with Crippen LogP contribution in [-0.2, 0) is 14.4 Å². The molecule has 3 aromatic rings. The van der Waals surface area contributed by atoms with Crippen LogP contribution < -0.4 is 4.90 Å². The smallest absolute Gasteiger partial charge is 0.239 e. The van der Waals surface area contributed by atoms with Crippen LogP contribution in [0.3, 0.4) is 0 Å². The van der Waals surface area contributed by atoms with Crippen LogP contribution >= 0.6 is 11.6 Å². The summed E-state index contributed by atoms with van der Waals surface area (Å²) in [5, 5.41) is 0.530. The second-order valence-corrected chi connectivity index (χ2v) is 10.6. The van der Waals surface area contributed by atoms with E-state index in [0.29, 0.717) is 23.6 Å². The molecule has 0 unspecified atom stereocenters. The van der Waals surface area contributed by atoms with Crippen LogP contribution in [0.25, 0.3) is 11.1 Å². The number of carbonyl (C=O) groups excluding carboxylic acids is 3. The van der Waals surface area contributed by atoms with Gasteiger partial charge in [0.25, 0.3) is 0 Å². The number of carbonyl (C=O) groups is 3. The van der Waals surface area contributed by atoms with Crippen molar-refractivity contribution in [1.29, 1.82) is 0 Å². The Balaban J connectivity index is 1.65. The second kappa shape index (κ2) is 8.01. The minimum Gasteiger partial charge on any atom is -0.298 e. The van der Waals surface area contributed by atoms with E-state index in [-0.39, 0.29) is 17.6 Å². The van der Waals surface area contributed by atoms with Gasteiger partial charge in [0, 0.05) is 5.02 Å². The van der Waals surface area contributed by atoms with Crippen LogP contribution in [0.1, 0.15) is 37.8 Å². The number of hydrogen-bond acceptors (Lipinski definition) is 3. The SMILES string of the molecule is CCC[C@@]12C(=O)[C@@](C)(C(c3ccccc3)=C1c1ccccc1)[C@H]1C(=O)N(c3ccc(Cl)cc3)C(=O)[C@H]12. The van der Waals surface area contributed by atoms with Crippen molar-refractivity contribution in [3.63, 3.8) is 0 Å². The number of benzene rings is 3. The van der Waals surface area contributed by atoms with Crippen LogP contribution in [0.4, 0.5) is 5.69 Å². The molecule has 0 aromatic heterocycles. The fourth-order valence-electron chi connectivity index (χ4n) is 7.20. The fourth-order valence-corrected chi connectivity index (χ4v) is 7.33. The highest BCUT2D eigenvalue weighted by Gasteiger charge is 2.79. The molecule has 0 spiro atoms. The summed E-state index contributed by atoms with van der Waals surface area (Å²) >= 11 is 6.08. The number of allylic oxidation sites excluding steroid dienone is 2. The fraction of sp³-hybridized carbons (Fsp3) is 0.258. The Morgan fingerprint density at radius 1 is 0.750 bits per heavy atom. The summed E-state index contributed by atoms with van der Waals surface area (Å²) in [5.74, 6) is -2.08. The number of Topliss-reactive ketones (excluding diaryl/α,β-unsaturated/α-hetero) is 1. The lowest BCUT2D eigenvalue weighted by molar-refractivity contribution is -0.134. The van der Waals surface area contributed by atoms with Crippen molar-refractivity contribution in [2.75, 3.05) is 4.90 Å². The highest BCUT2D eigenvalue weighted by molar-refractivity contribution is 6.35. The second-order valence-electron chi connectivity index (χ2n) is 10.2. The summed E-state index contributed by atoms with van der Waals surface area (Å²) in [6.45, 7) is 3.92. The number of anilines is 1. The van der Waals surface area contributed by atoms with Gasteiger partial charge in [0.1, 0.15) is 0 Å². The zero-order chi connectivity index (χ0) is 25.2. The molecular weight excluding hydrogens is 470 g/mol. The van der Waals surface area contributed by atoms with E-state index in [0.717, 1.165) is 22.3 Å². The molecular formula is C31H26ClNO3. The van der Waals surface area contributed by atoms with Gasteiger partial charge >= 0.3 is 0 Å². The van der Waals surface area contributed by atoms with E-state index in [1.165, 1.54) is 4.90 Å². The van der Waals surface area contributed by atoms with Crippen molar-refractivity contribution in [3.8, 4) is 0 Å². The third kappa shape index (κ3) is 2.74. The number of nitrogens with zero attached hydrogens (tertiary/aromatic N) is 1. The highest BCUT2D eigenvalue weighted by Crippen LogP contribution is 2.74. The molecule has 180 valence electrons. The molecule has 4 atom stereocenters. The number of imide groups is 1. The summed E-state index contributed by atoms with van der Waals surface area (Å²) in [5.41, 5.74) is 1.97. The maximum Gasteiger partial charge on any atom is 0.239 e. The Labute approximate surface area is 215 Å². The van der Waals surface area contributed by atoms with Crippen molar-refractivity contribution >= 4 is 46.0 Å². The maximum atomic E-state index is 14.6. The normalized spacial score (nSPS) is 28.9. The monoisotopic (exact) mass is 495 g/mol. The standard InChI is InChI=1S/C31H26ClNO3/c1-3-18-31-24(20-12-8-5-9-13-20)23(19-10-6-4-7-11-19)30(2,29(31)36)25-26(31)28(35)33(27(25)34)22-16-14-21(32)15-17-22/h4-17,25-26H,3,18H2,1-2H3/t25-,26+,30+,31-/m1/s1. The van der Waals surface area contributed by atoms with E-state index in [9.17, 15) is 14.4 Å². The summed E-state index contributed by atoms with van der Waals surface area (Å²) in [4.78, 5) is 44.1. The first-order valence-electron chi connectivity index (χ1n) is 12.4. The average molecular weight is 496 g/mol. The molecule has 5 heteroatoms. The van der Waals surface area contributed by atoms with Crippen molar-refractivity contribution in [1.82, 2.24) is 0 Å². The summed E-state index contributed by atoms with van der Waals surface area (Å²) < 4.78 is 0. The third-order valence-electron chi connectivity index (χ3n) is 8.41. The number of ketones is 1. The molecule has 2 aliphatic carbocycles. The first-order valence-corrected chi connectivity index (χ1v) is 12.8. The lowest BCUT2D eigenvalue weighted by Crippen LogP contribution is -2.41. The Hall–Kier alpha value is -3.50.